The zero-order valence-electron chi connectivity index (χ0n) is 8.19. The Morgan fingerprint density at radius 1 is 1.40 bits per heavy atom. The first-order valence-corrected chi connectivity index (χ1v) is 4.30. The Morgan fingerprint density at radius 3 is 2.60 bits per heavy atom. The molecule has 0 saturated carbocycles. The number of hydrogen-bond donors (Lipinski definition) is 2. The van der Waals surface area contributed by atoms with Gasteiger partial charge in [-0.3, -0.25) is 0 Å². The zero-order chi connectivity index (χ0) is 7.82. The van der Waals surface area contributed by atoms with Gasteiger partial charge >= 0.3 is 1.43 Å². The maximum atomic E-state index is 5.71. The first-order chi connectivity index (χ1) is 4.81. The minimum Gasteiger partial charge on any atom is -0.316 e. The number of hydrogen-bond acceptors (Lipinski definition) is 2. The largest absolute Gasteiger partial charge is 1.00 e. The van der Waals surface area contributed by atoms with Gasteiger partial charge in [-0.2, -0.15) is 0 Å². The van der Waals surface area contributed by atoms with E-state index in [9.17, 15) is 0 Å². The van der Waals surface area contributed by atoms with Crippen LogP contribution in [-0.4, -0.2) is 12.7 Å². The maximum absolute atomic E-state index is 5.71. The molecule has 0 aliphatic rings. The van der Waals surface area contributed by atoms with Crippen LogP contribution < -0.4 is 11.1 Å². The lowest BCUT2D eigenvalue weighted by Gasteiger charge is -2.11. The van der Waals surface area contributed by atoms with E-state index in [1.807, 2.05) is 0 Å². The summed E-state index contributed by atoms with van der Waals surface area (Å²) in [5.41, 5.74) is 5.71. The van der Waals surface area contributed by atoms with Gasteiger partial charge in [-0.1, -0.05) is 26.7 Å². The third-order valence-corrected chi connectivity index (χ3v) is 1.54. The Balaban J connectivity index is 0. The van der Waals surface area contributed by atoms with Gasteiger partial charge in [-0.25, -0.2) is 0 Å². The summed E-state index contributed by atoms with van der Waals surface area (Å²) in [4.78, 5) is 0. The molecule has 1 unspecified atom stereocenters. The first kappa shape index (κ1) is 9.92. The summed E-state index contributed by atoms with van der Waals surface area (Å²) >= 11 is 0. The van der Waals surface area contributed by atoms with Crippen molar-refractivity contribution >= 4 is 0 Å². The number of unbranched alkanes of at least 4 members (excludes halogenated alkanes) is 1. The third-order valence-electron chi connectivity index (χ3n) is 1.54. The van der Waals surface area contributed by atoms with Gasteiger partial charge in [0.15, 0.2) is 0 Å². The molecule has 0 spiro atoms. The van der Waals surface area contributed by atoms with Crippen LogP contribution in [0.15, 0.2) is 0 Å². The molecule has 0 aliphatic heterocycles. The predicted octanol–water partition coefficient (Wildman–Crippen LogP) is 1.57. The van der Waals surface area contributed by atoms with Gasteiger partial charge in [-0.05, 0) is 19.4 Å². The molecular formula is C8H21N2+. The van der Waals surface area contributed by atoms with Crippen LogP contribution >= 0.6 is 0 Å². The Hall–Kier alpha value is -0.0800. The van der Waals surface area contributed by atoms with E-state index in [4.69, 9.17) is 5.73 Å². The van der Waals surface area contributed by atoms with E-state index in [0.717, 1.165) is 13.0 Å². The average molecular weight is 145 g/mol. The quantitative estimate of drug-likeness (QED) is 0.440. The van der Waals surface area contributed by atoms with Crippen molar-refractivity contribution in [2.75, 3.05) is 6.54 Å². The fourth-order valence-electron chi connectivity index (χ4n) is 0.877. The Bertz CT molecular complexity index is 69.1. The molecule has 0 saturated heterocycles. The van der Waals surface area contributed by atoms with Crippen molar-refractivity contribution in [2.45, 2.75) is 45.7 Å². The summed E-state index contributed by atoms with van der Waals surface area (Å²) in [5.74, 6) is 0. The molecular weight excluding hydrogens is 124 g/mol. The molecule has 0 rings (SSSR count). The highest BCUT2D eigenvalue weighted by Crippen LogP contribution is 1.90. The van der Waals surface area contributed by atoms with Crippen LogP contribution in [0.2, 0.25) is 0 Å². The lowest BCUT2D eigenvalue weighted by atomic mass is 10.2. The summed E-state index contributed by atoms with van der Waals surface area (Å²) in [6, 6.07) is 0. The summed E-state index contributed by atoms with van der Waals surface area (Å²) in [6.07, 6.45) is 4.95. The molecule has 1 atom stereocenters. The lowest BCUT2D eigenvalue weighted by Crippen LogP contribution is -2.37. The Morgan fingerprint density at radius 2 is 2.10 bits per heavy atom. The highest BCUT2D eigenvalue weighted by atomic mass is 15.0. The monoisotopic (exact) mass is 145 g/mol. The summed E-state index contributed by atoms with van der Waals surface area (Å²) < 4.78 is 0. The van der Waals surface area contributed by atoms with E-state index in [0.29, 0.717) is 0 Å². The van der Waals surface area contributed by atoms with Crippen LogP contribution in [0, 0.1) is 0 Å². The van der Waals surface area contributed by atoms with E-state index in [1.165, 1.54) is 19.3 Å². The maximum Gasteiger partial charge on any atom is 1.00 e. The smallest absolute Gasteiger partial charge is 0.316 e. The van der Waals surface area contributed by atoms with Crippen LogP contribution in [0.4, 0.5) is 0 Å². The summed E-state index contributed by atoms with van der Waals surface area (Å²) in [6.45, 7) is 5.41. The molecule has 0 aromatic carbocycles. The molecule has 62 valence electrons. The van der Waals surface area contributed by atoms with Crippen LogP contribution in [0.3, 0.4) is 0 Å². The number of nitrogens with one attached hydrogen (secondary N) is 1. The van der Waals surface area contributed by atoms with Crippen molar-refractivity contribution < 1.29 is 1.43 Å². The third kappa shape index (κ3) is 6.05. The van der Waals surface area contributed by atoms with Gasteiger partial charge in [-0.15, -0.1) is 0 Å². The molecule has 0 bridgehead atoms. The fourth-order valence-corrected chi connectivity index (χ4v) is 0.877. The Kier molecular flexibility index (Phi) is 6.98. The Labute approximate surface area is 65.7 Å². The normalized spacial score (nSPS) is 13.5. The molecule has 0 aliphatic carbocycles. The molecule has 2 nitrogen and oxygen atoms in total. The van der Waals surface area contributed by atoms with Crippen molar-refractivity contribution in [2.24, 2.45) is 5.73 Å². The second kappa shape index (κ2) is 7.03. The number of rotatable bonds is 6. The van der Waals surface area contributed by atoms with E-state index in [-0.39, 0.29) is 7.59 Å². The van der Waals surface area contributed by atoms with Gasteiger partial charge < -0.3 is 11.1 Å². The minimum atomic E-state index is 0. The highest BCUT2D eigenvalue weighted by molar-refractivity contribution is 4.56. The number of nitrogens with two attached hydrogens (primary N) is 1. The van der Waals surface area contributed by atoms with Crippen LogP contribution in [0.5, 0.6) is 0 Å². The topological polar surface area (TPSA) is 38.0 Å². The van der Waals surface area contributed by atoms with Crippen LogP contribution in [0.25, 0.3) is 0 Å². The van der Waals surface area contributed by atoms with Crippen molar-refractivity contribution in [1.29, 1.82) is 0 Å². The molecule has 0 aromatic heterocycles. The van der Waals surface area contributed by atoms with Crippen LogP contribution in [-0.2, 0) is 0 Å². The molecule has 0 radical (unpaired) electrons. The van der Waals surface area contributed by atoms with Gasteiger partial charge in [0.1, 0.15) is 0 Å². The fraction of sp³-hybridized carbons (Fsp3) is 1.00. The molecule has 0 aromatic rings. The van der Waals surface area contributed by atoms with Crippen molar-refractivity contribution in [3.63, 3.8) is 0 Å². The summed E-state index contributed by atoms with van der Waals surface area (Å²) in [7, 11) is 0. The van der Waals surface area contributed by atoms with Gasteiger partial charge in [0.2, 0.25) is 0 Å². The molecule has 0 fully saturated rings. The van der Waals surface area contributed by atoms with E-state index >= 15 is 0 Å². The van der Waals surface area contributed by atoms with Crippen molar-refractivity contribution in [3.8, 4) is 0 Å². The molecule has 2 heteroatoms. The average Bonchev–Trinajstić information content (AvgIpc) is 1.89. The van der Waals surface area contributed by atoms with E-state index in [1.54, 1.807) is 0 Å². The SMILES string of the molecule is CCCCNC(N)CCC.[H+]. The van der Waals surface area contributed by atoms with Crippen molar-refractivity contribution in [1.82, 2.24) is 5.32 Å². The molecule has 0 amide bonds. The van der Waals surface area contributed by atoms with Gasteiger partial charge in [0.25, 0.3) is 0 Å². The molecule has 10 heavy (non-hydrogen) atoms. The highest BCUT2D eigenvalue weighted by Gasteiger charge is 1.96. The van der Waals surface area contributed by atoms with Gasteiger partial charge in [0, 0.05) is 0 Å². The minimum absolute atomic E-state index is 0. The molecule has 3 N–H and O–H groups in total. The van der Waals surface area contributed by atoms with E-state index in [2.05, 4.69) is 19.2 Å². The van der Waals surface area contributed by atoms with E-state index < -0.39 is 0 Å². The second-order valence-corrected chi connectivity index (χ2v) is 2.70. The van der Waals surface area contributed by atoms with Crippen molar-refractivity contribution in [3.05, 3.63) is 0 Å². The lowest BCUT2D eigenvalue weighted by molar-refractivity contribution is 0.482. The van der Waals surface area contributed by atoms with Crippen LogP contribution in [0.1, 0.15) is 41.0 Å². The first-order valence-electron chi connectivity index (χ1n) is 4.30. The zero-order valence-corrected chi connectivity index (χ0v) is 7.19. The standard InChI is InChI=1S/C8H20N2/c1-3-5-7-10-8(9)6-4-2/h8,10H,3-7,9H2,1-2H3/p+1. The summed E-state index contributed by atoms with van der Waals surface area (Å²) in [5, 5.41) is 3.26. The molecule has 0 heterocycles. The predicted molar refractivity (Wildman–Crippen MR) is 46.9 cm³/mol. The second-order valence-electron chi connectivity index (χ2n) is 2.70. The van der Waals surface area contributed by atoms with Gasteiger partial charge in [0.05, 0.1) is 6.17 Å².